The zero-order valence-corrected chi connectivity index (χ0v) is 17.3. The van der Waals surface area contributed by atoms with Gasteiger partial charge in [0.25, 0.3) is 5.91 Å². The van der Waals surface area contributed by atoms with E-state index in [9.17, 15) is 14.0 Å². The predicted octanol–water partition coefficient (Wildman–Crippen LogP) is 2.46. The largest absolute Gasteiger partial charge is 0.473 e. The molecule has 11 heteroatoms. The molecular formula is C19H19ClFN5O3S. The third kappa shape index (κ3) is 4.30. The number of nitrogens with two attached hydrogens (primary N) is 1. The van der Waals surface area contributed by atoms with Crippen molar-refractivity contribution in [2.75, 3.05) is 11.9 Å². The lowest BCUT2D eigenvalue weighted by Crippen LogP contribution is -2.29. The Morgan fingerprint density at radius 1 is 1.30 bits per heavy atom. The maximum Gasteiger partial charge on any atom is 0.346 e. The number of hydrogen-bond acceptors (Lipinski definition) is 6. The summed E-state index contributed by atoms with van der Waals surface area (Å²) in [4.78, 5) is 26.4. The summed E-state index contributed by atoms with van der Waals surface area (Å²) in [6.45, 7) is 0.298. The second-order valence-corrected chi connectivity index (χ2v) is 7.66. The first-order valence-electron chi connectivity index (χ1n) is 8.84. The number of amides is 1. The monoisotopic (exact) mass is 451 g/mol. The Kier molecular flexibility index (Phi) is 6.70. The fourth-order valence-corrected chi connectivity index (χ4v) is 3.99. The van der Waals surface area contributed by atoms with Crippen molar-refractivity contribution in [3.8, 4) is 5.75 Å². The number of carbonyl (C=O) groups excluding carboxylic acids is 1. The van der Waals surface area contributed by atoms with Gasteiger partial charge in [0.05, 0.1) is 30.0 Å². The maximum atomic E-state index is 12.7. The molecule has 0 spiro atoms. The van der Waals surface area contributed by atoms with E-state index < -0.39 is 6.10 Å². The van der Waals surface area contributed by atoms with E-state index in [1.807, 2.05) is 24.3 Å². The summed E-state index contributed by atoms with van der Waals surface area (Å²) in [5.74, 6) is 0.371. The third-order valence-corrected chi connectivity index (χ3v) is 5.57. The highest BCUT2D eigenvalue weighted by Crippen LogP contribution is 2.36. The minimum atomic E-state index is -0.745. The van der Waals surface area contributed by atoms with Crippen LogP contribution in [0.25, 0.3) is 0 Å². The zero-order valence-electron chi connectivity index (χ0n) is 15.7. The number of para-hydroxylation sites is 2. The molecule has 8 nitrogen and oxygen atoms in total. The molecule has 0 saturated heterocycles. The Morgan fingerprint density at radius 2 is 2.10 bits per heavy atom. The van der Waals surface area contributed by atoms with E-state index in [1.54, 1.807) is 12.1 Å². The van der Waals surface area contributed by atoms with E-state index in [1.165, 1.54) is 22.2 Å². The lowest BCUT2D eigenvalue weighted by atomic mass is 10.2. The summed E-state index contributed by atoms with van der Waals surface area (Å²) in [7, 11) is 0. The number of fused-ring (bicyclic) bond motifs is 1. The number of ether oxygens (including phenoxy) is 1. The van der Waals surface area contributed by atoms with Crippen molar-refractivity contribution in [1.29, 1.82) is 0 Å². The van der Waals surface area contributed by atoms with Gasteiger partial charge >= 0.3 is 5.69 Å². The number of benzene rings is 1. The summed E-state index contributed by atoms with van der Waals surface area (Å²) in [6.07, 6.45) is 1.04. The summed E-state index contributed by atoms with van der Waals surface area (Å²) < 4.78 is 21.1. The molecule has 2 aromatic heterocycles. The highest BCUT2D eigenvalue weighted by atomic mass is 35.5. The van der Waals surface area contributed by atoms with Crippen LogP contribution < -0.4 is 21.5 Å². The molecule has 30 heavy (non-hydrogen) atoms. The SMILES string of the molecule is Cl.NC/C(=C/F)Cn1ncn(Cc2ccc(C3Oc4ccccc4NC3=O)s2)c1=O. The highest BCUT2D eigenvalue weighted by molar-refractivity contribution is 7.12. The Hall–Kier alpha value is -2.95. The average molecular weight is 452 g/mol. The van der Waals surface area contributed by atoms with E-state index in [-0.39, 0.29) is 49.2 Å². The number of anilines is 1. The molecule has 3 N–H and O–H groups in total. The molecule has 3 aromatic rings. The Bertz CT molecular complexity index is 1140. The van der Waals surface area contributed by atoms with Gasteiger partial charge in [0.2, 0.25) is 6.10 Å². The molecule has 1 aliphatic heterocycles. The van der Waals surface area contributed by atoms with Crippen LogP contribution in [0.1, 0.15) is 15.9 Å². The fraction of sp³-hybridized carbons (Fsp3) is 0.211. The number of hydrogen-bond donors (Lipinski definition) is 2. The van der Waals surface area contributed by atoms with Crippen LogP contribution in [-0.4, -0.2) is 26.8 Å². The Balaban J connectivity index is 0.00000256. The summed E-state index contributed by atoms with van der Waals surface area (Å²) in [5, 5.41) is 6.84. The molecule has 0 fully saturated rings. The van der Waals surface area contributed by atoms with E-state index in [0.717, 1.165) is 14.4 Å². The van der Waals surface area contributed by atoms with Crippen molar-refractivity contribution in [1.82, 2.24) is 14.3 Å². The molecular weight excluding hydrogens is 433 g/mol. The van der Waals surface area contributed by atoms with Crippen LogP contribution in [0.15, 0.2) is 59.4 Å². The number of nitrogens with one attached hydrogen (secondary N) is 1. The van der Waals surface area contributed by atoms with E-state index in [2.05, 4.69) is 10.4 Å². The predicted molar refractivity (Wildman–Crippen MR) is 114 cm³/mol. The van der Waals surface area contributed by atoms with Crippen LogP contribution in [0, 0.1) is 0 Å². The van der Waals surface area contributed by atoms with E-state index >= 15 is 0 Å². The van der Waals surface area contributed by atoms with Gasteiger partial charge in [0, 0.05) is 11.4 Å². The number of halogens is 2. The third-order valence-electron chi connectivity index (χ3n) is 4.46. The second kappa shape index (κ2) is 9.24. The molecule has 0 saturated carbocycles. The van der Waals surface area contributed by atoms with Crippen molar-refractivity contribution in [3.05, 3.63) is 74.9 Å². The van der Waals surface area contributed by atoms with Gasteiger partial charge in [-0.1, -0.05) is 12.1 Å². The van der Waals surface area contributed by atoms with Gasteiger partial charge in [0.1, 0.15) is 12.1 Å². The topological polar surface area (TPSA) is 104 Å². The van der Waals surface area contributed by atoms with Gasteiger partial charge in [-0.2, -0.15) is 5.10 Å². The number of carbonyl (C=O) groups is 1. The molecule has 0 aliphatic carbocycles. The zero-order chi connectivity index (χ0) is 20.4. The first-order valence-corrected chi connectivity index (χ1v) is 9.66. The number of aromatic nitrogens is 3. The molecule has 1 unspecified atom stereocenters. The van der Waals surface area contributed by atoms with Gasteiger partial charge in [0.15, 0.2) is 0 Å². The lowest BCUT2D eigenvalue weighted by molar-refractivity contribution is -0.123. The van der Waals surface area contributed by atoms with E-state index in [4.69, 9.17) is 10.5 Å². The summed E-state index contributed by atoms with van der Waals surface area (Å²) >= 11 is 1.38. The average Bonchev–Trinajstić information content (AvgIpc) is 3.33. The Labute approximate surface area is 181 Å². The van der Waals surface area contributed by atoms with Gasteiger partial charge < -0.3 is 15.8 Å². The molecule has 1 aliphatic rings. The van der Waals surface area contributed by atoms with Gasteiger partial charge in [-0.05, 0) is 29.8 Å². The van der Waals surface area contributed by atoms with Crippen LogP contribution in [0.2, 0.25) is 0 Å². The standard InChI is InChI=1S/C19H18FN5O3S.ClH/c20-7-12(8-21)9-25-19(27)24(11-22-25)10-13-5-6-16(29-13)17-18(26)23-14-3-1-2-4-15(14)28-17;/h1-7,11,17H,8-10,21H2,(H,23,26);1H/b12-7-;. The van der Waals surface area contributed by atoms with Gasteiger partial charge in [-0.3, -0.25) is 9.36 Å². The minimum absolute atomic E-state index is 0. The van der Waals surface area contributed by atoms with Crippen LogP contribution in [0.4, 0.5) is 10.1 Å². The highest BCUT2D eigenvalue weighted by Gasteiger charge is 2.30. The molecule has 1 atom stereocenters. The molecule has 158 valence electrons. The van der Waals surface area contributed by atoms with E-state index in [0.29, 0.717) is 17.8 Å². The van der Waals surface area contributed by atoms with Crippen LogP contribution in [-0.2, 0) is 17.9 Å². The normalized spacial score (nSPS) is 15.7. The van der Waals surface area contributed by atoms with Crippen molar-refractivity contribution >= 4 is 35.3 Å². The van der Waals surface area contributed by atoms with Gasteiger partial charge in [-0.25, -0.2) is 13.9 Å². The van der Waals surface area contributed by atoms with Crippen LogP contribution in [0.3, 0.4) is 0 Å². The minimum Gasteiger partial charge on any atom is -0.473 e. The van der Waals surface area contributed by atoms with Crippen molar-refractivity contribution < 1.29 is 13.9 Å². The van der Waals surface area contributed by atoms with Crippen molar-refractivity contribution in [2.45, 2.75) is 19.2 Å². The fourth-order valence-electron chi connectivity index (χ4n) is 2.95. The van der Waals surface area contributed by atoms with Crippen LogP contribution in [0.5, 0.6) is 5.75 Å². The van der Waals surface area contributed by atoms with Crippen LogP contribution >= 0.6 is 23.7 Å². The molecule has 0 bridgehead atoms. The quantitative estimate of drug-likeness (QED) is 0.599. The Morgan fingerprint density at radius 3 is 2.87 bits per heavy atom. The van der Waals surface area contributed by atoms with Crippen molar-refractivity contribution in [2.24, 2.45) is 5.73 Å². The first kappa shape index (κ1) is 21.8. The van der Waals surface area contributed by atoms with Gasteiger partial charge in [-0.15, -0.1) is 23.7 Å². The maximum absolute atomic E-state index is 12.7. The lowest BCUT2D eigenvalue weighted by Gasteiger charge is -2.24. The molecule has 1 aromatic carbocycles. The second-order valence-electron chi connectivity index (χ2n) is 6.46. The molecule has 0 radical (unpaired) electrons. The smallest absolute Gasteiger partial charge is 0.346 e. The first-order chi connectivity index (χ1) is 14.1. The summed E-state index contributed by atoms with van der Waals surface area (Å²) in [5.41, 5.74) is 5.97. The molecule has 3 heterocycles. The number of nitrogens with zero attached hydrogens (tertiary/aromatic N) is 3. The number of thiophene rings is 1. The number of rotatable bonds is 6. The molecule has 1 amide bonds. The molecule has 4 rings (SSSR count). The van der Waals surface area contributed by atoms with Crippen molar-refractivity contribution in [3.63, 3.8) is 0 Å². The summed E-state index contributed by atoms with van der Waals surface area (Å²) in [6, 6.07) is 10.9.